The second-order valence-electron chi connectivity index (χ2n) is 17.5. The topological polar surface area (TPSA) is 231 Å². The summed E-state index contributed by atoms with van der Waals surface area (Å²) < 4.78 is 30.5. The van der Waals surface area contributed by atoms with Crippen LogP contribution in [0, 0.1) is 30.6 Å². The first kappa shape index (κ1) is 45.8. The minimum absolute atomic E-state index is 0.0126. The number of esters is 1. The van der Waals surface area contributed by atoms with E-state index in [0.29, 0.717) is 24.5 Å². The average molecular weight is 885 g/mol. The van der Waals surface area contributed by atoms with Gasteiger partial charge < -0.3 is 58.9 Å². The van der Waals surface area contributed by atoms with Crippen molar-refractivity contribution >= 4 is 56.6 Å². The Kier molecular flexibility index (Phi) is 12.2. The first-order valence-electron chi connectivity index (χ1n) is 21.2. The van der Waals surface area contributed by atoms with Crippen molar-refractivity contribution < 1.29 is 58.2 Å². The van der Waals surface area contributed by atoms with Crippen molar-refractivity contribution in [3.05, 3.63) is 63.6 Å². The highest BCUT2D eigenvalue weighted by Gasteiger charge is 2.50. The molecule has 342 valence electrons. The molecule has 7 rings (SSSR count). The lowest BCUT2D eigenvalue weighted by molar-refractivity contribution is -0.160. The zero-order valence-electron chi connectivity index (χ0n) is 37.8. The number of carbonyl (C=O) groups excluding carboxylic acids is 3. The number of aliphatic hydroxyl groups is 2. The zero-order valence-corrected chi connectivity index (χ0v) is 37.8. The minimum Gasteiger partial charge on any atom is -0.507 e. The predicted octanol–water partition coefficient (Wildman–Crippen LogP) is 5.54. The summed E-state index contributed by atoms with van der Waals surface area (Å²) in [4.78, 5) is 64.8. The number of anilines is 3. The van der Waals surface area contributed by atoms with Crippen molar-refractivity contribution in [2.75, 3.05) is 49.4 Å². The summed E-state index contributed by atoms with van der Waals surface area (Å²) in [6.45, 7) is 13.7. The summed E-state index contributed by atoms with van der Waals surface area (Å²) in [7, 11) is 5.13. The Labute approximate surface area is 369 Å². The number of phenols is 2. The van der Waals surface area contributed by atoms with Crippen molar-refractivity contribution in [1.29, 1.82) is 0 Å². The van der Waals surface area contributed by atoms with Gasteiger partial charge in [-0.1, -0.05) is 45.9 Å². The van der Waals surface area contributed by atoms with Gasteiger partial charge in [-0.3, -0.25) is 19.2 Å². The summed E-state index contributed by atoms with van der Waals surface area (Å²) >= 11 is 0. The second kappa shape index (κ2) is 17.1. The molecule has 17 heteroatoms. The van der Waals surface area contributed by atoms with Crippen LogP contribution in [0.5, 0.6) is 17.2 Å². The molecule has 4 aliphatic heterocycles. The third-order valence-corrected chi connectivity index (χ3v) is 13.1. The number of ether oxygens (including phenoxy) is 4. The highest BCUT2D eigenvalue weighted by atomic mass is 16.7. The lowest BCUT2D eigenvalue weighted by Gasteiger charge is -2.38. The van der Waals surface area contributed by atoms with E-state index in [0.717, 1.165) is 0 Å². The Bertz CT molecular complexity index is 2690. The fourth-order valence-corrected chi connectivity index (χ4v) is 9.11. The fourth-order valence-electron chi connectivity index (χ4n) is 9.11. The summed E-state index contributed by atoms with van der Waals surface area (Å²) in [5, 5.41) is 48.5. The van der Waals surface area contributed by atoms with E-state index in [2.05, 4.69) is 5.32 Å². The maximum atomic E-state index is 14.9. The van der Waals surface area contributed by atoms with Gasteiger partial charge in [-0.25, -0.2) is 4.98 Å². The summed E-state index contributed by atoms with van der Waals surface area (Å²) in [6.07, 6.45) is 3.46. The molecule has 17 nitrogen and oxygen atoms in total. The number of carbonyl (C=O) groups is 3. The third-order valence-electron chi connectivity index (χ3n) is 13.1. The molecule has 0 saturated heterocycles. The van der Waals surface area contributed by atoms with Crippen molar-refractivity contribution in [2.45, 2.75) is 85.6 Å². The van der Waals surface area contributed by atoms with Gasteiger partial charge in [-0.05, 0) is 19.9 Å². The molecule has 1 aliphatic carbocycles. The number of fused-ring (bicyclic) bond motifs is 4. The Morgan fingerprint density at radius 2 is 1.66 bits per heavy atom. The van der Waals surface area contributed by atoms with E-state index in [-0.39, 0.29) is 67.2 Å². The van der Waals surface area contributed by atoms with E-state index in [1.807, 2.05) is 23.9 Å². The van der Waals surface area contributed by atoms with E-state index >= 15 is 0 Å². The highest BCUT2D eigenvalue weighted by Crippen LogP contribution is 2.52. The highest BCUT2D eigenvalue weighted by molar-refractivity contribution is 6.22. The molecule has 2 aromatic rings. The number of Topliss-reactive ketones (excluding diaryl/α,β-unsaturated/α-hetero) is 1. The number of likely N-dealkylation sites (N-methyl/N-ethyl adjacent to an activating group) is 2. The van der Waals surface area contributed by atoms with Crippen molar-refractivity contribution in [3.8, 4) is 28.7 Å². The molecule has 4 heterocycles. The third kappa shape index (κ3) is 7.58. The molecule has 2 aromatic carbocycles. The second-order valence-corrected chi connectivity index (χ2v) is 17.5. The molecule has 0 unspecified atom stereocenters. The number of hydrogen-bond acceptors (Lipinski definition) is 16. The molecule has 9 atom stereocenters. The van der Waals surface area contributed by atoms with Crippen LogP contribution in [0.1, 0.15) is 64.4 Å². The fraction of sp³-hybridized carbons (Fsp3) is 0.468. The molecule has 0 spiro atoms. The van der Waals surface area contributed by atoms with Crippen molar-refractivity contribution in [2.24, 2.45) is 23.7 Å². The summed E-state index contributed by atoms with van der Waals surface area (Å²) in [5.74, 6) is -7.87. The molecule has 0 radical (unpaired) electrons. The molecule has 64 heavy (non-hydrogen) atoms. The van der Waals surface area contributed by atoms with Crippen LogP contribution in [0.4, 0.5) is 17.1 Å². The first-order chi connectivity index (χ1) is 30.1. The zero-order chi connectivity index (χ0) is 46.8. The van der Waals surface area contributed by atoms with Crippen LogP contribution < -0.4 is 25.3 Å². The molecule has 0 aromatic heterocycles. The number of allylic oxidation sites excluding steroid dienone is 2. The molecular weight excluding hydrogens is 829 g/mol. The lowest BCUT2D eigenvalue weighted by Crippen LogP contribution is -2.46. The molecule has 0 fully saturated rings. The van der Waals surface area contributed by atoms with Crippen molar-refractivity contribution in [3.63, 3.8) is 0 Å². The standard InChI is InChI=1S/C47H56N4O13/c1-20-13-12-14-21(2)46(59)49-35-40(57)31-30(34-43(35)63-44-33(48-34)28(53)19-27-36(44)51(10)17-16-50(27)9)32-42(25(6)39(31)56)64-47(8,45(32)58)61-18-15-29(60-11)22(3)41(62-26(7)52)24(5)38(55)23(4)37(20)54/h12-15,18-20,22-24,29,37-38,41,53-56H,16-17H2,1-11H3,(H,49,59)/b13-12+,18-15+,21-14-/t20-,22+,23+,24+,29-,37-,38+,41+,47-/m0/s1. The smallest absolute Gasteiger partial charge is 0.312 e. The number of aromatic nitrogens is 1. The normalized spacial score (nSPS) is 29.9. The maximum Gasteiger partial charge on any atom is 0.312 e. The molecule has 4 bridgehead atoms. The van der Waals surface area contributed by atoms with Gasteiger partial charge in [0.2, 0.25) is 5.43 Å². The SMILES string of the molecule is CO[C@H]1/C=C/O[C@@]2(C)Oc3c(C)c(O)c4c(=O)c(c5oc6c7c(cc(O)c6nc-5c4c3C2=O)N(C)CCN7C)NC(=O)/C(C)=C\C=C\[C@H](C)[C@H](O)[C@@H](C)[C@@H](O)[C@@H](C)[C@H](OC(C)=O)[C@@H]1C. The molecule has 0 saturated carbocycles. The Morgan fingerprint density at radius 1 is 0.969 bits per heavy atom. The van der Waals surface area contributed by atoms with E-state index in [9.17, 15) is 39.6 Å². The van der Waals surface area contributed by atoms with Crippen LogP contribution in [0.3, 0.4) is 0 Å². The molecule has 5 aliphatic rings. The number of rotatable bonds is 2. The van der Waals surface area contributed by atoms with Crippen LogP contribution in [0.2, 0.25) is 0 Å². The van der Waals surface area contributed by atoms with E-state index < -0.39 is 82.7 Å². The summed E-state index contributed by atoms with van der Waals surface area (Å²) in [6, 6.07) is 1.54. The monoisotopic (exact) mass is 884 g/mol. The van der Waals surface area contributed by atoms with Crippen LogP contribution >= 0.6 is 0 Å². The van der Waals surface area contributed by atoms with Gasteiger partial charge in [-0.15, -0.1) is 0 Å². The Morgan fingerprint density at radius 3 is 2.33 bits per heavy atom. The van der Waals surface area contributed by atoms with Gasteiger partial charge in [0.05, 0.1) is 41.2 Å². The van der Waals surface area contributed by atoms with Crippen LogP contribution in [0.25, 0.3) is 33.3 Å². The largest absolute Gasteiger partial charge is 0.507 e. The predicted molar refractivity (Wildman–Crippen MR) is 239 cm³/mol. The molecule has 5 N–H and O–H groups in total. The van der Waals surface area contributed by atoms with Crippen LogP contribution in [0.15, 0.2) is 51.4 Å². The average Bonchev–Trinajstić information content (AvgIpc) is 3.52. The van der Waals surface area contributed by atoms with Gasteiger partial charge in [0.25, 0.3) is 11.7 Å². The maximum absolute atomic E-state index is 14.9. The number of aliphatic hydroxyl groups excluding tert-OH is 2. The quantitative estimate of drug-likeness (QED) is 0.0945. The number of methoxy groups -OCH3 is 1. The van der Waals surface area contributed by atoms with E-state index in [4.69, 9.17) is 28.3 Å². The number of amides is 1. The van der Waals surface area contributed by atoms with E-state index in [1.54, 1.807) is 45.9 Å². The van der Waals surface area contributed by atoms with E-state index in [1.165, 1.54) is 53.2 Å². The van der Waals surface area contributed by atoms with Gasteiger partial charge in [0, 0.05) is 94.4 Å². The number of benzene rings is 3. The number of aromatic hydroxyl groups is 2. The van der Waals surface area contributed by atoms with Gasteiger partial charge in [-0.2, -0.15) is 0 Å². The minimum atomic E-state index is -2.08. The molecular formula is C47H56N4O13. The number of nitrogens with zero attached hydrogens (tertiary/aromatic N) is 3. The van der Waals surface area contributed by atoms with Gasteiger partial charge >= 0.3 is 11.8 Å². The Hall–Kier alpha value is -6.17. The molecule has 1 amide bonds. The number of phenolic OH excluding ortho intramolecular Hbond substituents is 2. The van der Waals surface area contributed by atoms with Crippen LogP contribution in [-0.4, -0.2) is 108 Å². The number of ketones is 1. The van der Waals surface area contributed by atoms with Crippen molar-refractivity contribution in [1.82, 2.24) is 4.98 Å². The number of hydrogen-bond donors (Lipinski definition) is 5. The number of nitrogens with one attached hydrogen (secondary N) is 1. The van der Waals surface area contributed by atoms with Crippen LogP contribution in [-0.2, 0) is 23.8 Å². The summed E-state index contributed by atoms with van der Waals surface area (Å²) in [5.41, 5.74) is -0.143. The lowest BCUT2D eigenvalue weighted by atomic mass is 9.78. The van der Waals surface area contributed by atoms with Gasteiger partial charge in [0.15, 0.2) is 16.9 Å². The Balaban J connectivity index is 1.49. The van der Waals surface area contributed by atoms with Gasteiger partial charge in [0.1, 0.15) is 40.4 Å². The first-order valence-corrected chi connectivity index (χ1v) is 21.2.